The summed E-state index contributed by atoms with van der Waals surface area (Å²) < 4.78 is 5.36. The van der Waals surface area contributed by atoms with E-state index in [0.717, 1.165) is 41.1 Å². The average Bonchev–Trinajstić information content (AvgIpc) is 2.67. The Kier molecular flexibility index (Phi) is 5.68. The first kappa shape index (κ1) is 19.2. The molecule has 2 aliphatic rings. The molecule has 0 bridgehead atoms. The molecule has 1 atom stereocenters. The molecule has 3 rings (SSSR count). The summed E-state index contributed by atoms with van der Waals surface area (Å²) in [6.07, 6.45) is 2.91. The number of rotatable bonds is 5. The largest absolute Gasteiger partial charge is 0.463 e. The van der Waals surface area contributed by atoms with E-state index in [-0.39, 0.29) is 17.7 Å². The third-order valence-electron chi connectivity index (χ3n) is 5.25. The second-order valence-electron chi connectivity index (χ2n) is 7.18. The van der Waals surface area contributed by atoms with Crippen LogP contribution < -0.4 is 10.2 Å². The zero-order valence-corrected chi connectivity index (χ0v) is 16.6. The molecule has 1 aromatic rings. The summed E-state index contributed by atoms with van der Waals surface area (Å²) in [4.78, 5) is 27.7. The number of dihydropyridines is 1. The fraction of sp³-hybridized carbons (Fsp3) is 0.455. The minimum Gasteiger partial charge on any atom is -0.463 e. The van der Waals surface area contributed by atoms with Gasteiger partial charge in [-0.1, -0.05) is 19.1 Å². The molecule has 1 aliphatic carbocycles. The summed E-state index contributed by atoms with van der Waals surface area (Å²) in [5, 5.41) is 3.38. The van der Waals surface area contributed by atoms with Crippen molar-refractivity contribution in [2.45, 2.75) is 45.4 Å². The number of ketones is 1. The Morgan fingerprint density at radius 2 is 1.89 bits per heavy atom. The van der Waals surface area contributed by atoms with Crippen LogP contribution in [-0.4, -0.2) is 32.5 Å². The molecular weight excluding hydrogens is 340 g/mol. The van der Waals surface area contributed by atoms with Crippen molar-refractivity contribution in [3.8, 4) is 0 Å². The van der Waals surface area contributed by atoms with Crippen LogP contribution in [0.1, 0.15) is 51.0 Å². The second-order valence-corrected chi connectivity index (χ2v) is 7.18. The Bertz CT molecular complexity index is 803. The normalized spacial score (nSPS) is 19.6. The molecule has 0 saturated heterocycles. The first-order valence-corrected chi connectivity index (χ1v) is 9.68. The Balaban J connectivity index is 2.15. The number of carbonyl (C=O) groups excluding carboxylic acids is 2. The Morgan fingerprint density at radius 1 is 1.19 bits per heavy atom. The van der Waals surface area contributed by atoms with E-state index in [1.807, 2.05) is 50.2 Å². The molecule has 0 aromatic heterocycles. The van der Waals surface area contributed by atoms with E-state index in [1.165, 1.54) is 0 Å². The van der Waals surface area contributed by atoms with Crippen molar-refractivity contribution in [2.75, 3.05) is 25.6 Å². The van der Waals surface area contributed by atoms with E-state index >= 15 is 0 Å². The van der Waals surface area contributed by atoms with Crippen LogP contribution in [-0.2, 0) is 14.3 Å². The van der Waals surface area contributed by atoms with Gasteiger partial charge in [0, 0.05) is 49.1 Å². The molecule has 0 amide bonds. The topological polar surface area (TPSA) is 58.6 Å². The average molecular weight is 368 g/mol. The predicted molar refractivity (Wildman–Crippen MR) is 106 cm³/mol. The minimum atomic E-state index is -0.362. The number of ether oxygens (including phenoxy) is 1. The SMILES string of the molecule is CCOC(=O)C1=C(CC)NC2=C(C(=O)CCC2)C1c1ccc(N(C)C)cc1. The van der Waals surface area contributed by atoms with Gasteiger partial charge in [0.05, 0.1) is 12.2 Å². The van der Waals surface area contributed by atoms with E-state index in [4.69, 9.17) is 4.74 Å². The van der Waals surface area contributed by atoms with Crippen LogP contribution in [0.3, 0.4) is 0 Å². The van der Waals surface area contributed by atoms with Crippen LogP contribution in [0, 0.1) is 0 Å². The van der Waals surface area contributed by atoms with Gasteiger partial charge in [0.25, 0.3) is 0 Å². The van der Waals surface area contributed by atoms with Crippen LogP contribution >= 0.6 is 0 Å². The fourth-order valence-electron chi connectivity index (χ4n) is 3.92. The predicted octanol–water partition coefficient (Wildman–Crippen LogP) is 3.67. The molecule has 1 N–H and O–H groups in total. The molecule has 1 unspecified atom stereocenters. The van der Waals surface area contributed by atoms with E-state index in [2.05, 4.69) is 5.32 Å². The molecule has 0 saturated carbocycles. The molecule has 0 radical (unpaired) electrons. The number of carbonyl (C=O) groups is 2. The Labute approximate surface area is 161 Å². The summed E-state index contributed by atoms with van der Waals surface area (Å²) in [5.41, 5.74) is 5.18. The first-order valence-electron chi connectivity index (χ1n) is 9.68. The van der Waals surface area contributed by atoms with Gasteiger partial charge in [-0.3, -0.25) is 4.79 Å². The van der Waals surface area contributed by atoms with Crippen LogP contribution in [0.4, 0.5) is 5.69 Å². The molecule has 144 valence electrons. The zero-order valence-electron chi connectivity index (χ0n) is 16.6. The van der Waals surface area contributed by atoms with Crippen molar-refractivity contribution in [1.82, 2.24) is 5.32 Å². The molecule has 5 heteroatoms. The summed E-state index contributed by atoms with van der Waals surface area (Å²) in [6.45, 7) is 4.13. The summed E-state index contributed by atoms with van der Waals surface area (Å²) in [5.74, 6) is -0.574. The number of nitrogens with one attached hydrogen (secondary N) is 1. The maximum Gasteiger partial charge on any atom is 0.336 e. The second kappa shape index (κ2) is 7.99. The van der Waals surface area contributed by atoms with Crippen molar-refractivity contribution in [1.29, 1.82) is 0 Å². The van der Waals surface area contributed by atoms with Gasteiger partial charge in [0.15, 0.2) is 5.78 Å². The summed E-state index contributed by atoms with van der Waals surface area (Å²) in [7, 11) is 3.98. The number of Topliss-reactive ketones (excluding diaryl/α,β-unsaturated/α-hetero) is 1. The highest BCUT2D eigenvalue weighted by Gasteiger charge is 2.39. The van der Waals surface area contributed by atoms with Gasteiger partial charge in [-0.05, 0) is 43.9 Å². The van der Waals surface area contributed by atoms with Crippen molar-refractivity contribution < 1.29 is 14.3 Å². The third kappa shape index (κ3) is 3.64. The van der Waals surface area contributed by atoms with E-state index in [9.17, 15) is 9.59 Å². The number of hydrogen-bond acceptors (Lipinski definition) is 5. The van der Waals surface area contributed by atoms with Gasteiger partial charge in [-0.15, -0.1) is 0 Å². The number of esters is 1. The van der Waals surface area contributed by atoms with E-state index in [0.29, 0.717) is 25.0 Å². The van der Waals surface area contributed by atoms with Crippen molar-refractivity contribution in [2.24, 2.45) is 0 Å². The molecule has 1 heterocycles. The molecule has 1 aliphatic heterocycles. The lowest BCUT2D eigenvalue weighted by Crippen LogP contribution is -2.35. The van der Waals surface area contributed by atoms with Crippen molar-refractivity contribution in [3.63, 3.8) is 0 Å². The first-order chi connectivity index (χ1) is 13.0. The third-order valence-corrected chi connectivity index (χ3v) is 5.25. The molecule has 27 heavy (non-hydrogen) atoms. The monoisotopic (exact) mass is 368 g/mol. The van der Waals surface area contributed by atoms with Crippen LogP contribution in [0.2, 0.25) is 0 Å². The number of allylic oxidation sites excluding steroid dienone is 3. The van der Waals surface area contributed by atoms with Crippen LogP contribution in [0.15, 0.2) is 46.8 Å². The fourth-order valence-corrected chi connectivity index (χ4v) is 3.92. The lowest BCUT2D eigenvalue weighted by Gasteiger charge is -2.35. The Hall–Kier alpha value is -2.56. The highest BCUT2D eigenvalue weighted by molar-refractivity contribution is 6.03. The lowest BCUT2D eigenvalue weighted by atomic mass is 9.75. The van der Waals surface area contributed by atoms with Gasteiger partial charge in [0.1, 0.15) is 0 Å². The van der Waals surface area contributed by atoms with Gasteiger partial charge >= 0.3 is 5.97 Å². The number of anilines is 1. The van der Waals surface area contributed by atoms with E-state index in [1.54, 1.807) is 6.92 Å². The minimum absolute atomic E-state index is 0.127. The lowest BCUT2D eigenvalue weighted by molar-refractivity contribution is -0.138. The standard InChI is InChI=1S/C22H28N2O3/c1-5-16-21(22(26)27-6-2)19(14-10-12-15(13-11-14)24(3)4)20-17(23-16)8-7-9-18(20)25/h10-13,19,23H,5-9H2,1-4H3. The Morgan fingerprint density at radius 3 is 2.48 bits per heavy atom. The molecule has 5 nitrogen and oxygen atoms in total. The quantitative estimate of drug-likeness (QED) is 0.804. The van der Waals surface area contributed by atoms with Crippen molar-refractivity contribution in [3.05, 3.63) is 52.4 Å². The zero-order chi connectivity index (χ0) is 19.6. The number of benzene rings is 1. The van der Waals surface area contributed by atoms with Gasteiger partial charge in [0.2, 0.25) is 0 Å². The molecule has 0 spiro atoms. The van der Waals surface area contributed by atoms with Gasteiger partial charge < -0.3 is 15.0 Å². The van der Waals surface area contributed by atoms with Crippen LogP contribution in [0.25, 0.3) is 0 Å². The summed E-state index contributed by atoms with van der Waals surface area (Å²) >= 11 is 0. The smallest absolute Gasteiger partial charge is 0.336 e. The highest BCUT2D eigenvalue weighted by Crippen LogP contribution is 2.43. The number of nitrogens with zero attached hydrogens (tertiary/aromatic N) is 1. The van der Waals surface area contributed by atoms with Crippen LogP contribution in [0.5, 0.6) is 0 Å². The molecular formula is C22H28N2O3. The highest BCUT2D eigenvalue weighted by atomic mass is 16.5. The number of hydrogen-bond donors (Lipinski definition) is 1. The van der Waals surface area contributed by atoms with E-state index < -0.39 is 0 Å². The summed E-state index contributed by atoms with van der Waals surface area (Å²) in [6, 6.07) is 8.09. The van der Waals surface area contributed by atoms with Gasteiger partial charge in [-0.2, -0.15) is 0 Å². The van der Waals surface area contributed by atoms with Crippen molar-refractivity contribution >= 4 is 17.4 Å². The molecule has 1 aromatic carbocycles. The molecule has 0 fully saturated rings. The maximum absolute atomic E-state index is 12.8. The maximum atomic E-state index is 12.8. The van der Waals surface area contributed by atoms with Gasteiger partial charge in [-0.25, -0.2) is 4.79 Å².